The first-order chi connectivity index (χ1) is 6.88. The molecule has 0 saturated heterocycles. The van der Waals surface area contributed by atoms with E-state index in [9.17, 15) is 8.76 Å². The van der Waals surface area contributed by atoms with Crippen molar-refractivity contribution in [1.29, 1.82) is 0 Å². The van der Waals surface area contributed by atoms with E-state index >= 15 is 0 Å². The average molecular weight is 265 g/mol. The first kappa shape index (κ1) is 10.8. The maximum Gasteiger partial charge on any atom is 0.214 e. The fraction of sp³-hybridized carbons (Fsp3) is 0. The van der Waals surface area contributed by atoms with Gasteiger partial charge in [0.25, 0.3) is 0 Å². The third-order valence-electron chi connectivity index (χ3n) is 1.79. The summed E-state index contributed by atoms with van der Waals surface area (Å²) in [7, 11) is -3.36. The third kappa shape index (κ3) is 1.96. The zero-order valence-corrected chi connectivity index (χ0v) is 9.66. The number of aromatic nitrogens is 2. The maximum atomic E-state index is 11.2. The van der Waals surface area contributed by atoms with Crippen LogP contribution in [0.1, 0.15) is 0 Å². The van der Waals surface area contributed by atoms with Gasteiger partial charge in [-0.3, -0.25) is 0 Å². The van der Waals surface area contributed by atoms with Gasteiger partial charge in [-0.15, -0.1) is 0 Å². The smallest absolute Gasteiger partial charge is 0.214 e. The van der Waals surface area contributed by atoms with E-state index in [0.29, 0.717) is 21.1 Å². The topological polar surface area (TPSA) is 66.0 Å². The van der Waals surface area contributed by atoms with E-state index in [4.69, 9.17) is 23.2 Å². The quantitative estimate of drug-likeness (QED) is 0.778. The molecule has 0 radical (unpaired) electrons. The van der Waals surface area contributed by atoms with Crippen LogP contribution < -0.4 is 0 Å². The van der Waals surface area contributed by atoms with Crippen LogP contribution in [-0.2, 0) is 9.80 Å². The Morgan fingerprint density at radius 1 is 1.47 bits per heavy atom. The Labute approximate surface area is 96.1 Å². The summed E-state index contributed by atoms with van der Waals surface area (Å²) in [6.07, 6.45) is 0. The van der Waals surface area contributed by atoms with Crippen LogP contribution in [0.5, 0.6) is 0 Å². The van der Waals surface area contributed by atoms with Gasteiger partial charge in [0.05, 0.1) is 10.5 Å². The molecular formula is C8H6Cl2N2O2S. The number of nitrogens with one attached hydrogen (secondary N) is 1. The largest absolute Gasteiger partial charge is 0.329 e. The van der Waals surface area contributed by atoms with Crippen molar-refractivity contribution in [3.63, 3.8) is 0 Å². The number of imidazole rings is 1. The molecule has 0 spiro atoms. The molecule has 2 aromatic rings. The summed E-state index contributed by atoms with van der Waals surface area (Å²) in [5, 5.41) is 0.640. The first-order valence-corrected chi connectivity index (χ1v) is 6.26. The van der Waals surface area contributed by atoms with Gasteiger partial charge in [-0.1, -0.05) is 23.2 Å². The Morgan fingerprint density at radius 2 is 2.13 bits per heavy atom. The monoisotopic (exact) mass is 264 g/mol. The fourth-order valence-corrected chi connectivity index (χ4v) is 2.21. The minimum Gasteiger partial charge on any atom is -0.329 e. The molecular weight excluding hydrogens is 259 g/mol. The van der Waals surface area contributed by atoms with Crippen molar-refractivity contribution in [2.45, 2.75) is 5.16 Å². The minimum absolute atomic E-state index is 0.110. The number of fused-ring (bicyclic) bond motifs is 1. The molecule has 0 aliphatic heterocycles. The number of aromatic amines is 1. The highest BCUT2D eigenvalue weighted by atomic mass is 35.5. The van der Waals surface area contributed by atoms with Crippen LogP contribution in [0.3, 0.4) is 0 Å². The molecule has 1 aromatic carbocycles. The number of hydrogen-bond acceptors (Lipinski definition) is 2. The molecule has 15 heavy (non-hydrogen) atoms. The van der Waals surface area contributed by atoms with Crippen LogP contribution in [0.25, 0.3) is 11.0 Å². The van der Waals surface area contributed by atoms with Gasteiger partial charge in [0.15, 0.2) is 0 Å². The average Bonchev–Trinajstić information content (AvgIpc) is 2.46. The molecule has 1 atom stereocenters. The van der Waals surface area contributed by atoms with Crippen molar-refractivity contribution in [1.82, 2.24) is 9.97 Å². The number of hydrogen-bond donors (Lipinski definition) is 2. The van der Waals surface area contributed by atoms with E-state index in [2.05, 4.69) is 15.8 Å². The molecule has 1 unspecified atom stereocenters. The molecule has 0 bridgehead atoms. The third-order valence-corrected chi connectivity index (χ3v) is 3.09. The van der Waals surface area contributed by atoms with Gasteiger partial charge in [-0.2, -0.15) is 0 Å². The molecule has 0 aliphatic rings. The number of benzene rings is 1. The van der Waals surface area contributed by atoms with E-state index in [1.165, 1.54) is 6.07 Å². The van der Waals surface area contributed by atoms with Crippen molar-refractivity contribution in [2.24, 2.45) is 0 Å². The highest BCUT2D eigenvalue weighted by molar-refractivity contribution is 7.94. The van der Waals surface area contributed by atoms with Crippen molar-refractivity contribution in [2.75, 3.05) is 0 Å². The Bertz CT molecular complexity index is 633. The highest BCUT2D eigenvalue weighted by Gasteiger charge is 2.12. The Morgan fingerprint density at radius 3 is 2.73 bits per heavy atom. The van der Waals surface area contributed by atoms with Crippen LogP contribution in [0.4, 0.5) is 0 Å². The molecule has 80 valence electrons. The minimum atomic E-state index is -3.36. The lowest BCUT2D eigenvalue weighted by molar-refractivity contribution is 0.553. The lowest BCUT2D eigenvalue weighted by atomic mass is 10.3. The second-order valence-electron chi connectivity index (χ2n) is 2.97. The molecule has 2 rings (SSSR count). The van der Waals surface area contributed by atoms with Crippen molar-refractivity contribution < 1.29 is 8.76 Å². The van der Waals surface area contributed by atoms with Crippen molar-refractivity contribution in [3.8, 4) is 0 Å². The lowest BCUT2D eigenvalue weighted by Gasteiger charge is -1.92. The summed E-state index contributed by atoms with van der Waals surface area (Å²) in [5.41, 5.74) is 0.911. The second-order valence-corrected chi connectivity index (χ2v) is 5.48. The summed E-state index contributed by atoms with van der Waals surface area (Å²) < 4.78 is 20.4. The van der Waals surface area contributed by atoms with E-state index in [1.54, 1.807) is 6.07 Å². The predicted molar refractivity (Wildman–Crippen MR) is 62.3 cm³/mol. The van der Waals surface area contributed by atoms with Gasteiger partial charge in [-0.25, -0.2) is 9.19 Å². The SMILES string of the molecule is C=S(=O)(O)c1nc2c(Cl)cc(Cl)cc2[nH]1. The van der Waals surface area contributed by atoms with Gasteiger partial charge in [0.2, 0.25) is 5.16 Å². The Kier molecular flexibility index (Phi) is 2.42. The van der Waals surface area contributed by atoms with Gasteiger partial charge < -0.3 is 9.54 Å². The van der Waals surface area contributed by atoms with Gasteiger partial charge in [0.1, 0.15) is 15.3 Å². The van der Waals surface area contributed by atoms with Crippen LogP contribution in [0, 0.1) is 0 Å². The highest BCUT2D eigenvalue weighted by Crippen LogP contribution is 2.26. The number of rotatable bonds is 1. The summed E-state index contributed by atoms with van der Waals surface area (Å²) >= 11 is 11.6. The van der Waals surface area contributed by atoms with Gasteiger partial charge >= 0.3 is 0 Å². The van der Waals surface area contributed by atoms with Gasteiger partial charge in [-0.05, 0) is 18.0 Å². The molecule has 0 amide bonds. The molecule has 0 aliphatic carbocycles. The van der Waals surface area contributed by atoms with E-state index in [1.807, 2.05) is 0 Å². The molecule has 4 nitrogen and oxygen atoms in total. The molecule has 2 N–H and O–H groups in total. The number of halogens is 2. The maximum absolute atomic E-state index is 11.2. The first-order valence-electron chi connectivity index (χ1n) is 3.82. The summed E-state index contributed by atoms with van der Waals surface area (Å²) in [6.45, 7) is 0. The van der Waals surface area contributed by atoms with Crippen molar-refractivity contribution >= 4 is 49.9 Å². The lowest BCUT2D eigenvalue weighted by Crippen LogP contribution is -1.99. The number of H-pyrrole nitrogens is 1. The zero-order chi connectivity index (χ0) is 11.2. The Hall–Kier alpha value is -0.750. The molecule has 7 heteroatoms. The van der Waals surface area contributed by atoms with Crippen LogP contribution >= 0.6 is 23.2 Å². The van der Waals surface area contributed by atoms with Crippen molar-refractivity contribution in [3.05, 3.63) is 22.2 Å². The van der Waals surface area contributed by atoms with Crippen LogP contribution in [0.2, 0.25) is 10.0 Å². The van der Waals surface area contributed by atoms with Gasteiger partial charge in [0, 0.05) is 5.02 Å². The van der Waals surface area contributed by atoms with Crippen LogP contribution in [-0.4, -0.2) is 24.6 Å². The fourth-order valence-electron chi connectivity index (χ4n) is 1.17. The number of nitrogens with zero attached hydrogens (tertiary/aromatic N) is 1. The van der Waals surface area contributed by atoms with E-state index in [-0.39, 0.29) is 5.16 Å². The standard InChI is InChI=1S/C8H6Cl2N2O2S/c1-15(13,14)8-11-6-3-4(9)2-5(10)7(6)12-8/h2-3H,1H2,(H,11,12)(H,13,14). The van der Waals surface area contributed by atoms with E-state index in [0.717, 1.165) is 0 Å². The van der Waals surface area contributed by atoms with E-state index < -0.39 is 9.80 Å². The molecule has 1 heterocycles. The summed E-state index contributed by atoms with van der Waals surface area (Å²) in [5.74, 6) is 3.10. The summed E-state index contributed by atoms with van der Waals surface area (Å²) in [6, 6.07) is 3.09. The molecule has 1 aromatic heterocycles. The predicted octanol–water partition coefficient (Wildman–Crippen LogP) is 2.42. The van der Waals surface area contributed by atoms with Crippen LogP contribution in [0.15, 0.2) is 17.3 Å². The Balaban J connectivity index is 2.82. The zero-order valence-electron chi connectivity index (χ0n) is 7.33. The normalized spacial score (nSPS) is 15.4. The summed E-state index contributed by atoms with van der Waals surface area (Å²) in [4.78, 5) is 6.54. The second kappa shape index (κ2) is 3.38. The molecule has 0 fully saturated rings. The molecule has 0 saturated carbocycles.